The van der Waals surface area contributed by atoms with Crippen LogP contribution in [-0.4, -0.2) is 12.3 Å². The van der Waals surface area contributed by atoms with E-state index < -0.39 is 0 Å². The van der Waals surface area contributed by atoms with Crippen LogP contribution in [0.15, 0.2) is 5.16 Å². The van der Waals surface area contributed by atoms with E-state index in [1.54, 1.807) is 0 Å². The van der Waals surface area contributed by atoms with Crippen molar-refractivity contribution in [1.82, 2.24) is 0 Å². The summed E-state index contributed by atoms with van der Waals surface area (Å²) in [5.74, 6) is 0.693. The molecule has 0 spiro atoms. The van der Waals surface area contributed by atoms with Crippen LogP contribution < -0.4 is 0 Å². The molecule has 9 heavy (non-hydrogen) atoms. The Morgan fingerprint density at radius 2 is 2.44 bits per heavy atom. The molecule has 0 aromatic heterocycles. The van der Waals surface area contributed by atoms with Gasteiger partial charge in [0.2, 0.25) is 0 Å². The lowest BCUT2D eigenvalue weighted by molar-refractivity contribution is 0.152. The molecule has 0 aromatic carbocycles. The minimum Gasteiger partial charge on any atom is -0.395 e. The summed E-state index contributed by atoms with van der Waals surface area (Å²) in [4.78, 5) is 4.98. The van der Waals surface area contributed by atoms with E-state index in [0.29, 0.717) is 5.92 Å². The normalized spacial score (nSPS) is 32.9. The first-order valence-corrected chi connectivity index (χ1v) is 3.65. The van der Waals surface area contributed by atoms with Gasteiger partial charge in [-0.15, -0.1) is 0 Å². The van der Waals surface area contributed by atoms with Crippen LogP contribution in [0.25, 0.3) is 0 Å². The number of hydrogen-bond acceptors (Lipinski definition) is 2. The van der Waals surface area contributed by atoms with Crippen molar-refractivity contribution >= 4 is 5.71 Å². The van der Waals surface area contributed by atoms with Crippen LogP contribution in [0, 0.1) is 5.92 Å². The minimum absolute atomic E-state index is 0.693. The number of hydrogen-bond donors (Lipinski definition) is 0. The van der Waals surface area contributed by atoms with Gasteiger partial charge in [-0.25, -0.2) is 0 Å². The second kappa shape index (κ2) is 2.01. The third-order valence-corrected chi connectivity index (χ3v) is 2.16. The quantitative estimate of drug-likeness (QED) is 0.481. The second-order valence-electron chi connectivity index (χ2n) is 2.82. The summed E-state index contributed by atoms with van der Waals surface area (Å²) < 4.78 is 0. The molecule has 1 aliphatic carbocycles. The van der Waals surface area contributed by atoms with Gasteiger partial charge in [0.15, 0.2) is 0 Å². The van der Waals surface area contributed by atoms with Gasteiger partial charge in [0.05, 0.1) is 5.71 Å². The van der Waals surface area contributed by atoms with Crippen molar-refractivity contribution in [2.45, 2.75) is 25.7 Å². The second-order valence-corrected chi connectivity index (χ2v) is 2.82. The average molecular weight is 125 g/mol. The Kier molecular flexibility index (Phi) is 1.18. The van der Waals surface area contributed by atoms with Crippen LogP contribution in [0.3, 0.4) is 0 Å². The van der Waals surface area contributed by atoms with Crippen LogP contribution >= 0.6 is 0 Å². The maximum absolute atomic E-state index is 4.98. The van der Waals surface area contributed by atoms with Gasteiger partial charge in [0.1, 0.15) is 6.61 Å². The lowest BCUT2D eigenvalue weighted by atomic mass is 9.89. The Morgan fingerprint density at radius 3 is 3.33 bits per heavy atom. The van der Waals surface area contributed by atoms with Crippen molar-refractivity contribution in [3.63, 3.8) is 0 Å². The number of rotatable bonds is 0. The van der Waals surface area contributed by atoms with E-state index in [2.05, 4.69) is 5.16 Å². The van der Waals surface area contributed by atoms with Gasteiger partial charge in [0, 0.05) is 5.92 Å². The fourth-order valence-electron chi connectivity index (χ4n) is 1.58. The highest BCUT2D eigenvalue weighted by Gasteiger charge is 2.25. The smallest absolute Gasteiger partial charge is 0.125 e. The summed E-state index contributed by atoms with van der Waals surface area (Å²) in [6.07, 6.45) is 5.18. The topological polar surface area (TPSA) is 21.6 Å². The molecule has 50 valence electrons. The molecule has 2 heteroatoms. The molecule has 0 unspecified atom stereocenters. The fourth-order valence-corrected chi connectivity index (χ4v) is 1.58. The summed E-state index contributed by atoms with van der Waals surface area (Å²) in [5, 5.41) is 3.97. The summed E-state index contributed by atoms with van der Waals surface area (Å²) in [7, 11) is 0. The number of fused-ring (bicyclic) bond motifs is 1. The van der Waals surface area contributed by atoms with Gasteiger partial charge in [-0.1, -0.05) is 11.6 Å². The molecule has 1 heterocycles. The molecule has 2 rings (SSSR count). The van der Waals surface area contributed by atoms with Crippen molar-refractivity contribution in [2.75, 3.05) is 6.61 Å². The molecule has 1 saturated carbocycles. The number of oxime groups is 1. The monoisotopic (exact) mass is 125 g/mol. The van der Waals surface area contributed by atoms with Crippen LogP contribution in [0.2, 0.25) is 0 Å². The van der Waals surface area contributed by atoms with Crippen molar-refractivity contribution in [2.24, 2.45) is 11.1 Å². The first kappa shape index (κ1) is 5.27. The molecule has 0 saturated heterocycles. The summed E-state index contributed by atoms with van der Waals surface area (Å²) in [5.41, 5.74) is 1.32. The molecule has 1 atom stereocenters. The van der Waals surface area contributed by atoms with E-state index in [9.17, 15) is 0 Å². The zero-order valence-corrected chi connectivity index (χ0v) is 5.47. The molecular weight excluding hydrogens is 114 g/mol. The Balaban J connectivity index is 2.09. The molecule has 2 aliphatic rings. The van der Waals surface area contributed by atoms with Crippen molar-refractivity contribution in [3.8, 4) is 0 Å². The zero-order chi connectivity index (χ0) is 6.10. The summed E-state index contributed by atoms with van der Waals surface area (Å²) in [6.45, 7) is 0.856. The largest absolute Gasteiger partial charge is 0.395 e. The minimum atomic E-state index is 0.693. The summed E-state index contributed by atoms with van der Waals surface area (Å²) in [6, 6.07) is 0. The van der Waals surface area contributed by atoms with Crippen LogP contribution in [0.1, 0.15) is 25.7 Å². The molecular formula is C7H11NO. The maximum atomic E-state index is 4.98. The van der Waals surface area contributed by atoms with Gasteiger partial charge in [-0.05, 0) is 19.3 Å². The predicted octanol–water partition coefficient (Wildman–Crippen LogP) is 1.56. The molecule has 1 fully saturated rings. The molecule has 0 N–H and O–H groups in total. The van der Waals surface area contributed by atoms with Crippen molar-refractivity contribution < 1.29 is 4.84 Å². The Morgan fingerprint density at radius 1 is 1.44 bits per heavy atom. The molecule has 0 radical (unpaired) electrons. The SMILES string of the molecule is C1CC[C@H]2CON=C2C1. The third-order valence-electron chi connectivity index (χ3n) is 2.16. The highest BCUT2D eigenvalue weighted by atomic mass is 16.6. The van der Waals surface area contributed by atoms with Gasteiger partial charge >= 0.3 is 0 Å². The Hall–Kier alpha value is -0.530. The van der Waals surface area contributed by atoms with Gasteiger partial charge in [-0.3, -0.25) is 0 Å². The highest BCUT2D eigenvalue weighted by Crippen LogP contribution is 2.25. The average Bonchev–Trinajstić information content (AvgIpc) is 2.33. The molecule has 1 aliphatic heterocycles. The van der Waals surface area contributed by atoms with Gasteiger partial charge < -0.3 is 4.84 Å². The van der Waals surface area contributed by atoms with Crippen LogP contribution in [0.5, 0.6) is 0 Å². The maximum Gasteiger partial charge on any atom is 0.125 e. The van der Waals surface area contributed by atoms with Crippen LogP contribution in [-0.2, 0) is 4.84 Å². The molecule has 0 amide bonds. The molecule has 0 aromatic rings. The van der Waals surface area contributed by atoms with E-state index in [1.807, 2.05) is 0 Å². The Bertz CT molecular complexity index is 142. The molecule has 0 bridgehead atoms. The van der Waals surface area contributed by atoms with Crippen molar-refractivity contribution in [1.29, 1.82) is 0 Å². The predicted molar refractivity (Wildman–Crippen MR) is 35.3 cm³/mol. The first-order chi connectivity index (χ1) is 4.47. The standard InChI is InChI=1S/C7H11NO/c1-2-4-7-6(3-1)5-9-8-7/h6H,1-5H2/t6-/m0/s1. The molecule has 2 nitrogen and oxygen atoms in total. The van der Waals surface area contributed by atoms with E-state index in [4.69, 9.17) is 4.84 Å². The van der Waals surface area contributed by atoms with E-state index >= 15 is 0 Å². The van der Waals surface area contributed by atoms with E-state index in [-0.39, 0.29) is 0 Å². The zero-order valence-electron chi connectivity index (χ0n) is 5.47. The van der Waals surface area contributed by atoms with E-state index in [0.717, 1.165) is 6.61 Å². The van der Waals surface area contributed by atoms with Crippen LogP contribution in [0.4, 0.5) is 0 Å². The fraction of sp³-hybridized carbons (Fsp3) is 0.857. The van der Waals surface area contributed by atoms with E-state index in [1.165, 1.54) is 31.4 Å². The Labute approximate surface area is 54.9 Å². The lowest BCUT2D eigenvalue weighted by Gasteiger charge is -2.14. The van der Waals surface area contributed by atoms with Crippen molar-refractivity contribution in [3.05, 3.63) is 0 Å². The summed E-state index contributed by atoms with van der Waals surface area (Å²) >= 11 is 0. The van der Waals surface area contributed by atoms with Gasteiger partial charge in [-0.2, -0.15) is 0 Å². The highest BCUT2D eigenvalue weighted by molar-refractivity contribution is 5.87. The number of nitrogens with zero attached hydrogens (tertiary/aromatic N) is 1. The lowest BCUT2D eigenvalue weighted by Crippen LogP contribution is -2.17. The van der Waals surface area contributed by atoms with Gasteiger partial charge in [0.25, 0.3) is 0 Å². The first-order valence-electron chi connectivity index (χ1n) is 3.65. The third kappa shape index (κ3) is 0.824.